The van der Waals surface area contributed by atoms with Gasteiger partial charge in [-0.1, -0.05) is 26.0 Å². The van der Waals surface area contributed by atoms with Crippen LogP contribution < -0.4 is 4.90 Å². The number of aliphatic hydroxyl groups is 1. The molecule has 144 valence electrons. The van der Waals surface area contributed by atoms with Crippen LogP contribution >= 0.6 is 0 Å². The lowest BCUT2D eigenvalue weighted by Gasteiger charge is -2.43. The average Bonchev–Trinajstić information content (AvgIpc) is 2.65. The van der Waals surface area contributed by atoms with Crippen molar-refractivity contribution in [2.75, 3.05) is 18.0 Å². The number of rotatable bonds is 5. The Hall–Kier alpha value is -2.54. The summed E-state index contributed by atoms with van der Waals surface area (Å²) in [4.78, 5) is 14.0. The Morgan fingerprint density at radius 1 is 1.26 bits per heavy atom. The van der Waals surface area contributed by atoms with Crippen molar-refractivity contribution in [3.05, 3.63) is 53.5 Å². The number of hydrogen-bond donors (Lipinski definition) is 2. The fourth-order valence-corrected chi connectivity index (χ4v) is 3.51. The van der Waals surface area contributed by atoms with E-state index in [2.05, 4.69) is 10.2 Å². The van der Waals surface area contributed by atoms with Gasteiger partial charge in [-0.15, -0.1) is 5.10 Å². The zero-order valence-electron chi connectivity index (χ0n) is 15.5. The van der Waals surface area contributed by atoms with E-state index in [1.54, 1.807) is 12.1 Å². The van der Waals surface area contributed by atoms with Gasteiger partial charge in [0.15, 0.2) is 5.82 Å². The van der Waals surface area contributed by atoms with Crippen LogP contribution in [0.1, 0.15) is 37.4 Å². The molecule has 3 rings (SSSR count). The molecule has 0 amide bonds. The first kappa shape index (κ1) is 19.2. The molecule has 0 spiro atoms. The van der Waals surface area contributed by atoms with Gasteiger partial charge in [-0.05, 0) is 48.6 Å². The SMILES string of the molecule is CC(C)c1ccc(N2CC[C@H](O)[C@](Cc3ccc(F)cc3)(C(=O)O)C2)nn1. The zero-order valence-corrected chi connectivity index (χ0v) is 15.5. The summed E-state index contributed by atoms with van der Waals surface area (Å²) in [6, 6.07) is 9.44. The highest BCUT2D eigenvalue weighted by atomic mass is 19.1. The van der Waals surface area contributed by atoms with E-state index in [0.29, 0.717) is 24.3 Å². The second kappa shape index (κ2) is 7.60. The number of piperidine rings is 1. The number of aliphatic hydroxyl groups excluding tert-OH is 1. The average molecular weight is 373 g/mol. The molecule has 2 aromatic rings. The van der Waals surface area contributed by atoms with Crippen LogP contribution in [0.25, 0.3) is 0 Å². The molecule has 6 nitrogen and oxygen atoms in total. The molecule has 2 atom stereocenters. The Bertz CT molecular complexity index is 795. The number of aromatic nitrogens is 2. The Kier molecular flexibility index (Phi) is 5.41. The molecule has 0 unspecified atom stereocenters. The van der Waals surface area contributed by atoms with Crippen LogP contribution in [0.15, 0.2) is 36.4 Å². The number of carbonyl (C=O) groups is 1. The minimum Gasteiger partial charge on any atom is -0.481 e. The molecule has 7 heteroatoms. The van der Waals surface area contributed by atoms with E-state index in [1.807, 2.05) is 30.9 Å². The highest BCUT2D eigenvalue weighted by Gasteiger charge is 2.49. The molecule has 1 aromatic carbocycles. The summed E-state index contributed by atoms with van der Waals surface area (Å²) in [5, 5.41) is 29.0. The van der Waals surface area contributed by atoms with Gasteiger partial charge in [-0.25, -0.2) is 4.39 Å². The van der Waals surface area contributed by atoms with Gasteiger partial charge in [0, 0.05) is 13.1 Å². The van der Waals surface area contributed by atoms with E-state index >= 15 is 0 Å². The summed E-state index contributed by atoms with van der Waals surface area (Å²) in [5.41, 5.74) is 0.140. The number of aliphatic carboxylic acids is 1. The molecule has 1 aliphatic heterocycles. The number of carboxylic acids is 1. The van der Waals surface area contributed by atoms with Gasteiger partial charge < -0.3 is 15.1 Å². The molecule has 1 aromatic heterocycles. The molecule has 1 fully saturated rings. The number of carboxylic acid groups (broad SMARTS) is 1. The summed E-state index contributed by atoms with van der Waals surface area (Å²) in [6.07, 6.45) is -0.585. The highest BCUT2D eigenvalue weighted by Crippen LogP contribution is 2.36. The van der Waals surface area contributed by atoms with Crippen molar-refractivity contribution in [3.63, 3.8) is 0 Å². The van der Waals surface area contributed by atoms with Gasteiger partial charge in [-0.2, -0.15) is 5.10 Å². The highest BCUT2D eigenvalue weighted by molar-refractivity contribution is 5.77. The predicted molar refractivity (Wildman–Crippen MR) is 99.1 cm³/mol. The molecular formula is C20H24FN3O3. The number of halogens is 1. The van der Waals surface area contributed by atoms with Crippen molar-refractivity contribution in [3.8, 4) is 0 Å². The van der Waals surface area contributed by atoms with Crippen molar-refractivity contribution in [1.82, 2.24) is 10.2 Å². The first-order valence-corrected chi connectivity index (χ1v) is 9.06. The Morgan fingerprint density at radius 2 is 1.96 bits per heavy atom. The van der Waals surface area contributed by atoms with Crippen molar-refractivity contribution < 1.29 is 19.4 Å². The third-order valence-electron chi connectivity index (χ3n) is 5.23. The third-order valence-corrected chi connectivity index (χ3v) is 5.23. The van der Waals surface area contributed by atoms with Crippen LogP contribution in [0, 0.1) is 11.2 Å². The monoisotopic (exact) mass is 373 g/mol. The lowest BCUT2D eigenvalue weighted by molar-refractivity contribution is -0.157. The van der Waals surface area contributed by atoms with Gasteiger partial charge in [0.05, 0.1) is 11.8 Å². The molecule has 1 aliphatic rings. The number of nitrogens with zero attached hydrogens (tertiary/aromatic N) is 3. The van der Waals surface area contributed by atoms with Gasteiger partial charge in [-0.3, -0.25) is 4.79 Å². The molecule has 0 radical (unpaired) electrons. The molecule has 2 N–H and O–H groups in total. The van der Waals surface area contributed by atoms with E-state index in [9.17, 15) is 19.4 Å². The summed E-state index contributed by atoms with van der Waals surface area (Å²) in [5.74, 6) is -0.604. The second-order valence-electron chi connectivity index (χ2n) is 7.46. The van der Waals surface area contributed by atoms with Gasteiger partial charge in [0.2, 0.25) is 0 Å². The Balaban J connectivity index is 1.88. The van der Waals surface area contributed by atoms with Gasteiger partial charge in [0.25, 0.3) is 0 Å². The van der Waals surface area contributed by atoms with E-state index < -0.39 is 17.5 Å². The van der Waals surface area contributed by atoms with Crippen LogP contribution in [-0.2, 0) is 11.2 Å². The first-order valence-electron chi connectivity index (χ1n) is 9.06. The number of hydrogen-bond acceptors (Lipinski definition) is 5. The van der Waals surface area contributed by atoms with E-state index in [4.69, 9.17) is 0 Å². The van der Waals surface area contributed by atoms with Crippen LogP contribution in [0.3, 0.4) is 0 Å². The van der Waals surface area contributed by atoms with Crippen LogP contribution in [0.5, 0.6) is 0 Å². The normalized spacial score (nSPS) is 22.9. The molecular weight excluding hydrogens is 349 g/mol. The number of benzene rings is 1. The van der Waals surface area contributed by atoms with Gasteiger partial charge in [0.1, 0.15) is 11.2 Å². The van der Waals surface area contributed by atoms with Crippen molar-refractivity contribution in [2.45, 2.75) is 38.7 Å². The summed E-state index contributed by atoms with van der Waals surface area (Å²) in [7, 11) is 0. The fraction of sp³-hybridized carbons (Fsp3) is 0.450. The topological polar surface area (TPSA) is 86.5 Å². The molecule has 2 heterocycles. The lowest BCUT2D eigenvalue weighted by atomic mass is 9.73. The van der Waals surface area contributed by atoms with E-state index in [-0.39, 0.29) is 24.7 Å². The maximum atomic E-state index is 13.2. The summed E-state index contributed by atoms with van der Waals surface area (Å²) < 4.78 is 13.2. The van der Waals surface area contributed by atoms with E-state index in [0.717, 1.165) is 5.69 Å². The van der Waals surface area contributed by atoms with Crippen molar-refractivity contribution in [1.29, 1.82) is 0 Å². The Labute approximate surface area is 157 Å². The van der Waals surface area contributed by atoms with Crippen LogP contribution in [-0.4, -0.2) is 45.6 Å². The predicted octanol–water partition coefficient (Wildman–Crippen LogP) is 2.62. The van der Waals surface area contributed by atoms with Crippen molar-refractivity contribution in [2.24, 2.45) is 5.41 Å². The smallest absolute Gasteiger partial charge is 0.314 e. The molecule has 1 saturated heterocycles. The third kappa shape index (κ3) is 3.93. The second-order valence-corrected chi connectivity index (χ2v) is 7.46. The molecule has 27 heavy (non-hydrogen) atoms. The minimum absolute atomic E-state index is 0.108. The lowest BCUT2D eigenvalue weighted by Crippen LogP contribution is -2.57. The maximum Gasteiger partial charge on any atom is 0.314 e. The summed E-state index contributed by atoms with van der Waals surface area (Å²) in [6.45, 7) is 4.66. The van der Waals surface area contributed by atoms with Crippen molar-refractivity contribution >= 4 is 11.8 Å². The molecule has 0 aliphatic carbocycles. The van der Waals surface area contributed by atoms with Crippen LogP contribution in [0.2, 0.25) is 0 Å². The zero-order chi connectivity index (χ0) is 19.6. The number of anilines is 1. The molecule has 0 bridgehead atoms. The summed E-state index contributed by atoms with van der Waals surface area (Å²) >= 11 is 0. The largest absolute Gasteiger partial charge is 0.481 e. The van der Waals surface area contributed by atoms with E-state index in [1.165, 1.54) is 12.1 Å². The Morgan fingerprint density at radius 3 is 2.52 bits per heavy atom. The first-order chi connectivity index (χ1) is 12.8. The maximum absolute atomic E-state index is 13.2. The minimum atomic E-state index is -1.39. The standard InChI is InChI=1S/C20H24FN3O3/c1-13(2)16-7-8-18(23-22-16)24-10-9-17(25)20(12-24,19(26)27)11-14-3-5-15(21)6-4-14/h3-8,13,17,25H,9-12H2,1-2H3,(H,26,27)/t17-,20+/m0/s1. The van der Waals surface area contributed by atoms with Crippen LogP contribution in [0.4, 0.5) is 10.2 Å². The molecule has 0 saturated carbocycles. The van der Waals surface area contributed by atoms with Gasteiger partial charge >= 0.3 is 5.97 Å². The quantitative estimate of drug-likeness (QED) is 0.838. The fourth-order valence-electron chi connectivity index (χ4n) is 3.51.